The molecule has 1 heterocycles. The molecule has 3 N–H and O–H groups in total. The van der Waals surface area contributed by atoms with Crippen molar-refractivity contribution in [3.63, 3.8) is 0 Å². The van der Waals surface area contributed by atoms with E-state index < -0.39 is 21.8 Å². The molecular formula is C25H21N3O5S. The van der Waals surface area contributed by atoms with Gasteiger partial charge in [-0.15, -0.1) is 0 Å². The van der Waals surface area contributed by atoms with Gasteiger partial charge < -0.3 is 15.1 Å². The number of hydrogen-bond acceptors (Lipinski definition) is 5. The number of hydrogen-bond donors (Lipinski definition) is 3. The van der Waals surface area contributed by atoms with E-state index in [-0.39, 0.29) is 33.9 Å². The second-order valence-electron chi connectivity index (χ2n) is 7.23. The first-order valence-electron chi connectivity index (χ1n) is 10.3. The topological polar surface area (TPSA) is 118 Å². The van der Waals surface area contributed by atoms with Gasteiger partial charge in [-0.3, -0.25) is 14.3 Å². The van der Waals surface area contributed by atoms with Crippen LogP contribution in [-0.2, 0) is 16.6 Å². The molecule has 0 saturated carbocycles. The third kappa shape index (κ3) is 5.33. The minimum absolute atomic E-state index is 0.0729. The predicted octanol–water partition coefficient (Wildman–Crippen LogP) is 4.26. The molecule has 0 aliphatic heterocycles. The number of carbonyl (C=O) groups excluding carboxylic acids is 2. The van der Waals surface area contributed by atoms with Gasteiger partial charge in [0.1, 0.15) is 5.76 Å². The Labute approximate surface area is 196 Å². The van der Waals surface area contributed by atoms with Gasteiger partial charge in [-0.05, 0) is 48.5 Å². The summed E-state index contributed by atoms with van der Waals surface area (Å²) in [6.07, 6.45) is 1.51. The smallest absolute Gasteiger partial charge is 0.261 e. The summed E-state index contributed by atoms with van der Waals surface area (Å²) in [6.45, 7) is 0.193. The van der Waals surface area contributed by atoms with Crippen molar-refractivity contribution in [2.24, 2.45) is 0 Å². The molecule has 0 spiro atoms. The molecule has 34 heavy (non-hydrogen) atoms. The molecule has 0 saturated heterocycles. The normalized spacial score (nSPS) is 10.9. The van der Waals surface area contributed by atoms with Crippen LogP contribution in [-0.4, -0.2) is 20.2 Å². The number of nitrogens with one attached hydrogen (secondary N) is 3. The summed E-state index contributed by atoms with van der Waals surface area (Å²) in [5.74, 6) is -0.377. The highest BCUT2D eigenvalue weighted by Gasteiger charge is 2.20. The first kappa shape index (κ1) is 22.8. The number of benzene rings is 3. The zero-order valence-corrected chi connectivity index (χ0v) is 18.7. The van der Waals surface area contributed by atoms with E-state index in [4.69, 9.17) is 4.42 Å². The van der Waals surface area contributed by atoms with Crippen LogP contribution in [0.15, 0.2) is 107 Å². The Morgan fingerprint density at radius 1 is 0.706 bits per heavy atom. The average Bonchev–Trinajstić information content (AvgIpc) is 3.37. The predicted molar refractivity (Wildman–Crippen MR) is 128 cm³/mol. The van der Waals surface area contributed by atoms with E-state index in [0.29, 0.717) is 5.76 Å². The van der Waals surface area contributed by atoms with Crippen molar-refractivity contribution in [1.82, 2.24) is 5.32 Å². The zero-order valence-electron chi connectivity index (χ0n) is 17.9. The highest BCUT2D eigenvalue weighted by molar-refractivity contribution is 7.92. The lowest BCUT2D eigenvalue weighted by Gasteiger charge is -2.14. The Bertz CT molecular complexity index is 1400. The monoisotopic (exact) mass is 475 g/mol. The van der Waals surface area contributed by atoms with E-state index in [1.54, 1.807) is 66.7 Å². The fourth-order valence-corrected chi connectivity index (χ4v) is 4.33. The Hall–Kier alpha value is -4.37. The number of furan rings is 1. The lowest BCUT2D eigenvalue weighted by molar-refractivity contribution is 0.0949. The summed E-state index contributed by atoms with van der Waals surface area (Å²) in [4.78, 5) is 25.9. The van der Waals surface area contributed by atoms with Crippen LogP contribution >= 0.6 is 0 Å². The Kier molecular flexibility index (Phi) is 6.74. The van der Waals surface area contributed by atoms with Crippen LogP contribution in [0.5, 0.6) is 0 Å². The zero-order chi connectivity index (χ0) is 24.0. The van der Waals surface area contributed by atoms with E-state index in [2.05, 4.69) is 15.4 Å². The van der Waals surface area contributed by atoms with Crippen molar-refractivity contribution < 1.29 is 22.4 Å². The third-order valence-electron chi connectivity index (χ3n) is 4.89. The van der Waals surface area contributed by atoms with Crippen molar-refractivity contribution in [3.05, 3.63) is 114 Å². The minimum Gasteiger partial charge on any atom is -0.467 e. The van der Waals surface area contributed by atoms with Crippen molar-refractivity contribution in [3.8, 4) is 0 Å². The van der Waals surface area contributed by atoms with Gasteiger partial charge in [0.25, 0.3) is 21.8 Å². The van der Waals surface area contributed by atoms with E-state index in [0.717, 1.165) is 0 Å². The van der Waals surface area contributed by atoms with Crippen LogP contribution in [0.1, 0.15) is 26.5 Å². The van der Waals surface area contributed by atoms with Crippen LogP contribution in [0.4, 0.5) is 11.4 Å². The molecule has 0 fully saturated rings. The summed E-state index contributed by atoms with van der Waals surface area (Å²) >= 11 is 0. The summed E-state index contributed by atoms with van der Waals surface area (Å²) in [5.41, 5.74) is 0.756. The molecule has 0 aliphatic carbocycles. The SMILES string of the molecule is O=C(NCc1ccco1)c1ccccc1NC(=O)c1ccccc1NS(=O)(=O)c1ccccc1. The van der Waals surface area contributed by atoms with Gasteiger partial charge in [-0.2, -0.15) is 0 Å². The number of amides is 2. The first-order valence-corrected chi connectivity index (χ1v) is 11.8. The maximum atomic E-state index is 13.1. The second kappa shape index (κ2) is 10.1. The van der Waals surface area contributed by atoms with Crippen LogP contribution in [0, 0.1) is 0 Å². The largest absolute Gasteiger partial charge is 0.467 e. The Morgan fingerprint density at radius 3 is 2.00 bits per heavy atom. The van der Waals surface area contributed by atoms with E-state index in [1.807, 2.05) is 0 Å². The first-order chi connectivity index (χ1) is 16.4. The molecule has 4 rings (SSSR count). The number of rotatable bonds is 8. The lowest BCUT2D eigenvalue weighted by atomic mass is 10.1. The summed E-state index contributed by atoms with van der Waals surface area (Å²) < 4.78 is 33.2. The van der Waals surface area contributed by atoms with E-state index in [9.17, 15) is 18.0 Å². The fourth-order valence-electron chi connectivity index (χ4n) is 3.23. The number of sulfonamides is 1. The maximum Gasteiger partial charge on any atom is 0.261 e. The average molecular weight is 476 g/mol. The molecule has 0 aliphatic rings. The second-order valence-corrected chi connectivity index (χ2v) is 8.91. The lowest BCUT2D eigenvalue weighted by Crippen LogP contribution is -2.25. The standard InChI is InChI=1S/C25H21N3O5S/c29-24(26-17-18-9-8-16-33-18)20-12-4-6-14-22(20)27-25(30)21-13-5-7-15-23(21)28-34(31,32)19-10-2-1-3-11-19/h1-16,28H,17H2,(H,26,29)(H,27,30). The third-order valence-corrected chi connectivity index (χ3v) is 6.27. The number of anilines is 2. The van der Waals surface area contributed by atoms with Crippen LogP contribution in [0.2, 0.25) is 0 Å². The van der Waals surface area contributed by atoms with Gasteiger partial charge in [0, 0.05) is 0 Å². The van der Waals surface area contributed by atoms with Gasteiger partial charge in [-0.25, -0.2) is 8.42 Å². The summed E-state index contributed by atoms with van der Waals surface area (Å²) in [6, 6.07) is 24.1. The van der Waals surface area contributed by atoms with Crippen LogP contribution in [0.25, 0.3) is 0 Å². The summed E-state index contributed by atoms with van der Waals surface area (Å²) in [7, 11) is -3.90. The van der Waals surface area contributed by atoms with Crippen molar-refractivity contribution in [1.29, 1.82) is 0 Å². The van der Waals surface area contributed by atoms with Crippen LogP contribution in [0.3, 0.4) is 0 Å². The molecule has 3 aromatic carbocycles. The fraction of sp³-hybridized carbons (Fsp3) is 0.0400. The molecule has 1 aromatic heterocycles. The van der Waals surface area contributed by atoms with Gasteiger partial charge in [0.15, 0.2) is 0 Å². The number of para-hydroxylation sites is 2. The molecule has 172 valence electrons. The quantitative estimate of drug-likeness (QED) is 0.352. The molecule has 0 unspecified atom stereocenters. The molecule has 4 aromatic rings. The molecule has 0 atom stereocenters. The van der Waals surface area contributed by atoms with Crippen molar-refractivity contribution >= 4 is 33.2 Å². The number of carbonyl (C=O) groups is 2. The van der Waals surface area contributed by atoms with Gasteiger partial charge in [0.2, 0.25) is 0 Å². The maximum absolute atomic E-state index is 13.1. The highest BCUT2D eigenvalue weighted by Crippen LogP contribution is 2.23. The van der Waals surface area contributed by atoms with Gasteiger partial charge in [-0.1, -0.05) is 42.5 Å². The van der Waals surface area contributed by atoms with Gasteiger partial charge >= 0.3 is 0 Å². The van der Waals surface area contributed by atoms with E-state index >= 15 is 0 Å². The minimum atomic E-state index is -3.90. The van der Waals surface area contributed by atoms with Gasteiger partial charge in [0.05, 0.1) is 40.2 Å². The van der Waals surface area contributed by atoms with E-state index in [1.165, 1.54) is 30.5 Å². The Morgan fingerprint density at radius 2 is 1.32 bits per heavy atom. The van der Waals surface area contributed by atoms with Crippen molar-refractivity contribution in [2.75, 3.05) is 10.0 Å². The molecular weight excluding hydrogens is 454 g/mol. The molecule has 2 amide bonds. The van der Waals surface area contributed by atoms with Crippen molar-refractivity contribution in [2.45, 2.75) is 11.4 Å². The molecule has 9 heteroatoms. The Balaban J connectivity index is 1.54. The molecule has 0 bridgehead atoms. The molecule has 0 radical (unpaired) electrons. The summed E-state index contributed by atoms with van der Waals surface area (Å²) in [5, 5.41) is 5.45. The highest BCUT2D eigenvalue weighted by atomic mass is 32.2. The van der Waals surface area contributed by atoms with Crippen LogP contribution < -0.4 is 15.4 Å². The molecule has 8 nitrogen and oxygen atoms in total.